The molecular formula is C17H28N2O2. The lowest BCUT2D eigenvalue weighted by Gasteiger charge is -2.44. The van der Waals surface area contributed by atoms with Crippen molar-refractivity contribution in [2.75, 3.05) is 13.7 Å². The molecule has 0 amide bonds. The van der Waals surface area contributed by atoms with Gasteiger partial charge in [-0.1, -0.05) is 25.1 Å². The second-order valence-electron chi connectivity index (χ2n) is 6.02. The fourth-order valence-corrected chi connectivity index (χ4v) is 3.48. The van der Waals surface area contributed by atoms with E-state index in [4.69, 9.17) is 15.3 Å². The molecule has 3 N–H and O–H groups in total. The molecule has 1 aromatic rings. The molecule has 0 bridgehead atoms. The lowest BCUT2D eigenvalue weighted by atomic mass is 9.73. The van der Waals surface area contributed by atoms with Gasteiger partial charge in [0.15, 0.2) is 0 Å². The van der Waals surface area contributed by atoms with Crippen LogP contribution in [0.4, 0.5) is 0 Å². The predicted octanol–water partition coefficient (Wildman–Crippen LogP) is 3.19. The maximum atomic E-state index is 6.23. The van der Waals surface area contributed by atoms with Gasteiger partial charge in [0.25, 0.3) is 0 Å². The summed E-state index contributed by atoms with van der Waals surface area (Å²) in [6.07, 6.45) is 4.39. The van der Waals surface area contributed by atoms with Crippen LogP contribution in [0, 0.1) is 5.92 Å². The SMILES string of the molecule is CCOC1(C(NN)c2ccccc2OC)CCC(C)CC1. The average molecular weight is 292 g/mol. The molecule has 1 fully saturated rings. The first-order valence-electron chi connectivity index (χ1n) is 7.90. The van der Waals surface area contributed by atoms with E-state index < -0.39 is 0 Å². The third-order valence-electron chi connectivity index (χ3n) is 4.70. The third-order valence-corrected chi connectivity index (χ3v) is 4.70. The van der Waals surface area contributed by atoms with Crippen LogP contribution in [0.5, 0.6) is 5.75 Å². The summed E-state index contributed by atoms with van der Waals surface area (Å²) < 4.78 is 11.7. The van der Waals surface area contributed by atoms with Gasteiger partial charge in [-0.15, -0.1) is 0 Å². The number of hydrogen-bond acceptors (Lipinski definition) is 4. The molecule has 0 aromatic heterocycles. The van der Waals surface area contributed by atoms with E-state index in [1.807, 2.05) is 18.2 Å². The molecule has 0 aliphatic heterocycles. The Hall–Kier alpha value is -1.10. The van der Waals surface area contributed by atoms with Crippen molar-refractivity contribution >= 4 is 0 Å². The molecule has 1 unspecified atom stereocenters. The molecule has 1 aliphatic carbocycles. The summed E-state index contributed by atoms with van der Waals surface area (Å²) in [4.78, 5) is 0. The van der Waals surface area contributed by atoms with Crippen molar-refractivity contribution in [3.63, 3.8) is 0 Å². The normalized spacial score (nSPS) is 27.3. The molecule has 21 heavy (non-hydrogen) atoms. The molecule has 0 radical (unpaired) electrons. The van der Waals surface area contributed by atoms with Crippen molar-refractivity contribution in [1.29, 1.82) is 0 Å². The number of methoxy groups -OCH3 is 1. The van der Waals surface area contributed by atoms with Gasteiger partial charge in [-0.25, -0.2) is 5.43 Å². The zero-order valence-corrected chi connectivity index (χ0v) is 13.4. The highest BCUT2D eigenvalue weighted by Gasteiger charge is 2.43. The average Bonchev–Trinajstić information content (AvgIpc) is 2.52. The van der Waals surface area contributed by atoms with E-state index >= 15 is 0 Å². The highest BCUT2D eigenvalue weighted by molar-refractivity contribution is 5.37. The number of ether oxygens (including phenoxy) is 2. The molecule has 0 heterocycles. The Labute approximate surface area is 128 Å². The van der Waals surface area contributed by atoms with Crippen molar-refractivity contribution in [3.8, 4) is 5.75 Å². The summed E-state index contributed by atoms with van der Waals surface area (Å²) >= 11 is 0. The first kappa shape index (κ1) is 16.3. The zero-order chi connectivity index (χ0) is 15.3. The molecule has 1 aliphatic rings. The van der Waals surface area contributed by atoms with Gasteiger partial charge in [0.2, 0.25) is 0 Å². The third kappa shape index (κ3) is 3.39. The van der Waals surface area contributed by atoms with Crippen molar-refractivity contribution in [2.24, 2.45) is 11.8 Å². The second kappa shape index (κ2) is 7.25. The summed E-state index contributed by atoms with van der Waals surface area (Å²) in [5.74, 6) is 7.54. The van der Waals surface area contributed by atoms with Crippen molar-refractivity contribution < 1.29 is 9.47 Å². The second-order valence-corrected chi connectivity index (χ2v) is 6.02. The van der Waals surface area contributed by atoms with Crippen LogP contribution in [0.15, 0.2) is 24.3 Å². The largest absolute Gasteiger partial charge is 0.496 e. The monoisotopic (exact) mass is 292 g/mol. The molecule has 4 heteroatoms. The Balaban J connectivity index is 2.36. The van der Waals surface area contributed by atoms with Gasteiger partial charge in [-0.05, 0) is 44.6 Å². The molecule has 118 valence electrons. The Kier molecular flexibility index (Phi) is 5.62. The Morgan fingerprint density at radius 1 is 1.33 bits per heavy atom. The number of nitrogens with two attached hydrogens (primary N) is 1. The van der Waals surface area contributed by atoms with E-state index in [0.717, 1.165) is 30.1 Å². The van der Waals surface area contributed by atoms with E-state index in [-0.39, 0.29) is 11.6 Å². The van der Waals surface area contributed by atoms with Gasteiger partial charge in [0.05, 0.1) is 18.8 Å². The van der Waals surface area contributed by atoms with Crippen molar-refractivity contribution in [3.05, 3.63) is 29.8 Å². The van der Waals surface area contributed by atoms with Crippen LogP contribution in [0.3, 0.4) is 0 Å². The van der Waals surface area contributed by atoms with Crippen molar-refractivity contribution in [2.45, 2.75) is 51.2 Å². The highest BCUT2D eigenvalue weighted by Crippen LogP contribution is 2.44. The van der Waals surface area contributed by atoms with Crippen LogP contribution in [0.2, 0.25) is 0 Å². The number of hydrazine groups is 1. The lowest BCUT2D eigenvalue weighted by molar-refractivity contribution is -0.0980. The first-order chi connectivity index (χ1) is 10.2. The fraction of sp³-hybridized carbons (Fsp3) is 0.647. The van der Waals surface area contributed by atoms with Gasteiger partial charge in [-0.2, -0.15) is 0 Å². The minimum absolute atomic E-state index is 0.0545. The molecule has 0 saturated heterocycles. The quantitative estimate of drug-likeness (QED) is 0.624. The first-order valence-corrected chi connectivity index (χ1v) is 7.90. The lowest BCUT2D eigenvalue weighted by Crippen LogP contribution is -2.50. The van der Waals surface area contributed by atoms with Gasteiger partial charge in [0, 0.05) is 12.2 Å². The zero-order valence-electron chi connectivity index (χ0n) is 13.4. The highest BCUT2D eigenvalue weighted by atomic mass is 16.5. The van der Waals surface area contributed by atoms with Gasteiger partial charge < -0.3 is 9.47 Å². The molecule has 0 spiro atoms. The Morgan fingerprint density at radius 2 is 2.00 bits per heavy atom. The van der Waals surface area contributed by atoms with Crippen LogP contribution in [0.25, 0.3) is 0 Å². The molecule has 1 atom stereocenters. The standard InChI is InChI=1S/C17H28N2O2/c1-4-21-17(11-9-13(2)10-12-17)16(19-18)14-7-5-6-8-15(14)20-3/h5-8,13,16,19H,4,9-12,18H2,1-3H3. The molecule has 2 rings (SSSR count). The topological polar surface area (TPSA) is 56.5 Å². The summed E-state index contributed by atoms with van der Waals surface area (Å²) in [6.45, 7) is 5.06. The Morgan fingerprint density at radius 3 is 2.57 bits per heavy atom. The minimum Gasteiger partial charge on any atom is -0.496 e. The van der Waals surface area contributed by atoms with E-state index in [2.05, 4.69) is 25.3 Å². The van der Waals surface area contributed by atoms with E-state index in [9.17, 15) is 0 Å². The summed E-state index contributed by atoms with van der Waals surface area (Å²) in [7, 11) is 1.70. The molecular weight excluding hydrogens is 264 g/mol. The smallest absolute Gasteiger partial charge is 0.123 e. The summed E-state index contributed by atoms with van der Waals surface area (Å²) in [5.41, 5.74) is 3.83. The van der Waals surface area contributed by atoms with Crippen molar-refractivity contribution in [1.82, 2.24) is 5.43 Å². The molecule has 1 saturated carbocycles. The van der Waals surface area contributed by atoms with Gasteiger partial charge in [0.1, 0.15) is 5.75 Å². The molecule has 1 aromatic carbocycles. The Bertz CT molecular complexity index is 442. The maximum absolute atomic E-state index is 6.23. The van der Waals surface area contributed by atoms with Crippen LogP contribution >= 0.6 is 0 Å². The summed E-state index contributed by atoms with van der Waals surface area (Å²) in [5, 5.41) is 0. The number of rotatable bonds is 6. The maximum Gasteiger partial charge on any atom is 0.123 e. The van der Waals surface area contributed by atoms with Gasteiger partial charge >= 0.3 is 0 Å². The van der Waals surface area contributed by atoms with Gasteiger partial charge in [-0.3, -0.25) is 5.84 Å². The van der Waals surface area contributed by atoms with E-state index in [0.29, 0.717) is 6.61 Å². The van der Waals surface area contributed by atoms with Crippen LogP contribution < -0.4 is 16.0 Å². The number of nitrogens with one attached hydrogen (secondary N) is 1. The number of hydrogen-bond donors (Lipinski definition) is 2. The van der Waals surface area contributed by atoms with Crippen LogP contribution in [-0.4, -0.2) is 19.3 Å². The number of para-hydroxylation sites is 1. The minimum atomic E-state index is -0.245. The van der Waals surface area contributed by atoms with Crippen LogP contribution in [-0.2, 0) is 4.74 Å². The fourth-order valence-electron chi connectivity index (χ4n) is 3.48. The number of benzene rings is 1. The molecule has 4 nitrogen and oxygen atoms in total. The van der Waals surface area contributed by atoms with E-state index in [1.54, 1.807) is 7.11 Å². The summed E-state index contributed by atoms with van der Waals surface area (Å²) in [6, 6.07) is 7.99. The predicted molar refractivity (Wildman–Crippen MR) is 85.0 cm³/mol. The van der Waals surface area contributed by atoms with E-state index in [1.165, 1.54) is 12.8 Å². The van der Waals surface area contributed by atoms with Crippen LogP contribution in [0.1, 0.15) is 51.1 Å².